The number of likely N-dealkylation sites (N-methyl/N-ethyl adjacent to an activating group) is 1. The van der Waals surface area contributed by atoms with Gasteiger partial charge in [-0.25, -0.2) is 0 Å². The zero-order valence-corrected chi connectivity index (χ0v) is 18.0. The molecule has 2 atom stereocenters. The summed E-state index contributed by atoms with van der Waals surface area (Å²) < 4.78 is 11.2. The van der Waals surface area contributed by atoms with Gasteiger partial charge in [-0.2, -0.15) is 0 Å². The lowest BCUT2D eigenvalue weighted by molar-refractivity contribution is -0.0175. The maximum atomic E-state index is 5.71. The quantitative estimate of drug-likeness (QED) is 0.262. The molecule has 2 rings (SSSR count). The van der Waals surface area contributed by atoms with E-state index < -0.39 is 0 Å². The van der Waals surface area contributed by atoms with Crippen LogP contribution in [0, 0.1) is 5.92 Å². The van der Waals surface area contributed by atoms with Crippen molar-refractivity contribution in [1.29, 1.82) is 0 Å². The maximum absolute atomic E-state index is 5.71. The minimum atomic E-state index is 0. The first kappa shape index (κ1) is 21.9. The molecule has 2 fully saturated rings. The Hall–Kier alpha value is -0.120. The van der Waals surface area contributed by atoms with E-state index in [2.05, 4.69) is 41.0 Å². The van der Waals surface area contributed by atoms with Crippen LogP contribution in [-0.2, 0) is 9.47 Å². The number of halogens is 1. The highest BCUT2D eigenvalue weighted by molar-refractivity contribution is 14.0. The summed E-state index contributed by atoms with van der Waals surface area (Å²) in [5, 5.41) is 3.49. The maximum Gasteiger partial charge on any atom is 0.193 e. The van der Waals surface area contributed by atoms with Gasteiger partial charge in [0.25, 0.3) is 0 Å². The molecule has 1 N–H and O–H groups in total. The fraction of sp³-hybridized carbons (Fsp3) is 0.941. The van der Waals surface area contributed by atoms with Crippen LogP contribution >= 0.6 is 24.0 Å². The Kier molecular flexibility index (Phi) is 10.5. The van der Waals surface area contributed by atoms with Crippen LogP contribution in [0.15, 0.2) is 4.99 Å². The Balaban J connectivity index is 0.00000288. The number of hydrogen-bond acceptors (Lipinski definition) is 4. The molecule has 1 aliphatic carbocycles. The van der Waals surface area contributed by atoms with Crippen molar-refractivity contribution in [2.75, 3.05) is 60.2 Å². The van der Waals surface area contributed by atoms with Crippen LogP contribution in [0.5, 0.6) is 0 Å². The molecule has 0 spiro atoms. The molecule has 2 unspecified atom stereocenters. The van der Waals surface area contributed by atoms with Crippen LogP contribution in [0.2, 0.25) is 0 Å². The summed E-state index contributed by atoms with van der Waals surface area (Å²) in [5.41, 5.74) is 0. The fourth-order valence-corrected chi connectivity index (χ4v) is 2.98. The largest absolute Gasteiger partial charge is 0.379 e. The molecule has 0 aromatic heterocycles. The smallest absolute Gasteiger partial charge is 0.193 e. The zero-order chi connectivity index (χ0) is 16.7. The highest BCUT2D eigenvalue weighted by atomic mass is 127. The number of morpholine rings is 1. The highest BCUT2D eigenvalue weighted by Gasteiger charge is 2.24. The lowest BCUT2D eigenvalue weighted by Gasteiger charge is -2.38. The molecule has 1 aliphatic heterocycles. The van der Waals surface area contributed by atoms with Crippen LogP contribution in [-0.4, -0.2) is 88.0 Å². The first-order valence-corrected chi connectivity index (χ1v) is 8.94. The molecule has 142 valence electrons. The van der Waals surface area contributed by atoms with Gasteiger partial charge in [-0.3, -0.25) is 9.89 Å². The van der Waals surface area contributed by atoms with E-state index in [4.69, 9.17) is 9.47 Å². The molecule has 7 heteroatoms. The van der Waals surface area contributed by atoms with Crippen molar-refractivity contribution < 1.29 is 9.47 Å². The molecule has 1 heterocycles. The minimum Gasteiger partial charge on any atom is -0.379 e. The second kappa shape index (κ2) is 11.5. The van der Waals surface area contributed by atoms with Crippen molar-refractivity contribution >= 4 is 29.9 Å². The molecule has 0 amide bonds. The van der Waals surface area contributed by atoms with Gasteiger partial charge in [-0.15, -0.1) is 24.0 Å². The predicted octanol–water partition coefficient (Wildman–Crippen LogP) is 1.65. The Morgan fingerprint density at radius 2 is 2.21 bits per heavy atom. The van der Waals surface area contributed by atoms with E-state index in [9.17, 15) is 0 Å². The summed E-state index contributed by atoms with van der Waals surface area (Å²) in [6, 6.07) is 0.946. The lowest BCUT2D eigenvalue weighted by Crippen LogP contribution is -2.53. The van der Waals surface area contributed by atoms with Crippen molar-refractivity contribution in [1.82, 2.24) is 15.1 Å². The molecular formula is C17H35IN4O2. The molecule has 1 saturated carbocycles. The summed E-state index contributed by atoms with van der Waals surface area (Å²) in [7, 11) is 3.91. The van der Waals surface area contributed by atoms with Crippen molar-refractivity contribution in [2.24, 2.45) is 10.9 Å². The molecule has 0 bridgehead atoms. The Morgan fingerprint density at radius 1 is 1.46 bits per heavy atom. The van der Waals surface area contributed by atoms with Crippen molar-refractivity contribution in [3.63, 3.8) is 0 Å². The van der Waals surface area contributed by atoms with Gasteiger partial charge in [-0.1, -0.05) is 0 Å². The molecule has 0 radical (unpaired) electrons. The van der Waals surface area contributed by atoms with E-state index in [0.717, 1.165) is 57.9 Å². The Morgan fingerprint density at radius 3 is 2.83 bits per heavy atom. The molecule has 0 aromatic carbocycles. The van der Waals surface area contributed by atoms with Crippen LogP contribution in [0.3, 0.4) is 0 Å². The summed E-state index contributed by atoms with van der Waals surface area (Å²) >= 11 is 0. The number of guanidine groups is 1. The van der Waals surface area contributed by atoms with Gasteiger partial charge in [0.15, 0.2) is 5.96 Å². The second-order valence-corrected chi connectivity index (χ2v) is 6.88. The molecular weight excluding hydrogens is 419 g/mol. The third-order valence-electron chi connectivity index (χ3n) is 4.74. The molecule has 0 aromatic rings. The zero-order valence-electron chi connectivity index (χ0n) is 15.7. The summed E-state index contributed by atoms with van der Waals surface area (Å²) in [4.78, 5) is 9.03. The van der Waals surface area contributed by atoms with Crippen molar-refractivity contribution in [3.8, 4) is 0 Å². The Labute approximate surface area is 164 Å². The first-order valence-electron chi connectivity index (χ1n) is 8.94. The van der Waals surface area contributed by atoms with E-state index in [1.165, 1.54) is 12.8 Å². The number of nitrogens with one attached hydrogen (secondary N) is 1. The Bertz CT molecular complexity index is 380. The third-order valence-corrected chi connectivity index (χ3v) is 4.74. The summed E-state index contributed by atoms with van der Waals surface area (Å²) in [6.45, 7) is 10.6. The molecule has 24 heavy (non-hydrogen) atoms. The number of hydrogen-bond donors (Lipinski definition) is 1. The van der Waals surface area contributed by atoms with E-state index >= 15 is 0 Å². The van der Waals surface area contributed by atoms with Crippen LogP contribution < -0.4 is 5.32 Å². The third kappa shape index (κ3) is 7.41. The molecule has 1 saturated heterocycles. The van der Waals surface area contributed by atoms with Gasteiger partial charge >= 0.3 is 0 Å². The fourth-order valence-electron chi connectivity index (χ4n) is 2.98. The molecule has 6 nitrogen and oxygen atoms in total. The van der Waals surface area contributed by atoms with Crippen LogP contribution in [0.1, 0.15) is 26.7 Å². The van der Waals surface area contributed by atoms with Gasteiger partial charge in [0.05, 0.1) is 19.8 Å². The standard InChI is InChI=1S/C17H34N4O2.HI/c1-14(21-8-10-22-12-15(21)2)11-19-17(18-3)20(4)7-9-23-13-16-5-6-16;/h14-16H,5-13H2,1-4H3,(H,18,19);1H. The number of nitrogens with zero attached hydrogens (tertiary/aromatic N) is 3. The minimum absolute atomic E-state index is 0. The van der Waals surface area contributed by atoms with Gasteiger partial charge in [0.1, 0.15) is 0 Å². The number of ether oxygens (including phenoxy) is 2. The first-order chi connectivity index (χ1) is 11.1. The summed E-state index contributed by atoms with van der Waals surface area (Å²) in [5.74, 6) is 1.77. The van der Waals surface area contributed by atoms with Crippen LogP contribution in [0.4, 0.5) is 0 Å². The van der Waals surface area contributed by atoms with Gasteiger partial charge in [-0.05, 0) is 32.6 Å². The monoisotopic (exact) mass is 454 g/mol. The lowest BCUT2D eigenvalue weighted by atomic mass is 10.2. The number of rotatable bonds is 8. The van der Waals surface area contributed by atoms with E-state index in [1.54, 1.807) is 0 Å². The van der Waals surface area contributed by atoms with Crippen LogP contribution in [0.25, 0.3) is 0 Å². The average molecular weight is 454 g/mol. The topological polar surface area (TPSA) is 49.3 Å². The van der Waals surface area contributed by atoms with Gasteiger partial charge < -0.3 is 19.7 Å². The SMILES string of the molecule is CN=C(NCC(C)N1CCOCC1C)N(C)CCOCC1CC1.I. The highest BCUT2D eigenvalue weighted by Crippen LogP contribution is 2.28. The van der Waals surface area contributed by atoms with Crippen molar-refractivity contribution in [2.45, 2.75) is 38.8 Å². The van der Waals surface area contributed by atoms with Crippen molar-refractivity contribution in [3.05, 3.63) is 0 Å². The van der Waals surface area contributed by atoms with E-state index in [0.29, 0.717) is 12.1 Å². The summed E-state index contributed by atoms with van der Waals surface area (Å²) in [6.07, 6.45) is 2.69. The predicted molar refractivity (Wildman–Crippen MR) is 109 cm³/mol. The van der Waals surface area contributed by atoms with Gasteiger partial charge in [0.2, 0.25) is 0 Å². The van der Waals surface area contributed by atoms with E-state index in [-0.39, 0.29) is 24.0 Å². The second-order valence-electron chi connectivity index (χ2n) is 6.88. The van der Waals surface area contributed by atoms with Gasteiger partial charge in [0, 0.05) is 52.4 Å². The molecule has 2 aliphatic rings. The number of aliphatic imine (C=N–C) groups is 1. The van der Waals surface area contributed by atoms with E-state index in [1.807, 2.05) is 7.05 Å². The average Bonchev–Trinajstić information content (AvgIpc) is 3.36. The normalized spacial score (nSPS) is 23.5.